The number of nitrogens with one attached hydrogen (secondary N) is 2. The van der Waals surface area contributed by atoms with Crippen molar-refractivity contribution in [2.75, 3.05) is 11.9 Å². The number of hydrogen-bond donors (Lipinski definition) is 2. The number of rotatable bonds is 3. The minimum Gasteiger partial charge on any atom is -0.382 e. The summed E-state index contributed by atoms with van der Waals surface area (Å²) in [6, 6.07) is 7.93. The maximum Gasteiger partial charge on any atom is 0.0372 e. The highest BCUT2D eigenvalue weighted by atomic mass is 79.9. The average molecular weight is 337 g/mol. The fourth-order valence-corrected chi connectivity index (χ4v) is 4.36. The maximum absolute atomic E-state index is 3.82. The van der Waals surface area contributed by atoms with Crippen molar-refractivity contribution in [2.45, 2.75) is 57.5 Å². The number of hydrogen-bond acceptors (Lipinski definition) is 2. The Morgan fingerprint density at radius 3 is 2.80 bits per heavy atom. The lowest BCUT2D eigenvalue weighted by atomic mass is 9.88. The second-order valence-corrected chi connectivity index (χ2v) is 7.28. The number of halogens is 1. The molecule has 1 saturated carbocycles. The van der Waals surface area contributed by atoms with Crippen molar-refractivity contribution in [3.05, 3.63) is 28.2 Å². The zero-order valence-corrected chi connectivity index (χ0v) is 13.9. The highest BCUT2D eigenvalue weighted by Crippen LogP contribution is 2.34. The second kappa shape index (κ2) is 6.48. The number of aryl methyl sites for hydroxylation is 1. The van der Waals surface area contributed by atoms with Gasteiger partial charge in [0.05, 0.1) is 0 Å². The minimum absolute atomic E-state index is 0.644. The van der Waals surface area contributed by atoms with Crippen molar-refractivity contribution in [3.8, 4) is 0 Å². The summed E-state index contributed by atoms with van der Waals surface area (Å²) in [5, 5.41) is 7.58. The van der Waals surface area contributed by atoms with Crippen LogP contribution in [0.1, 0.15) is 44.1 Å². The van der Waals surface area contributed by atoms with E-state index < -0.39 is 0 Å². The van der Waals surface area contributed by atoms with Crippen LogP contribution in [0.25, 0.3) is 0 Å². The molecule has 2 N–H and O–H groups in total. The van der Waals surface area contributed by atoms with Gasteiger partial charge in [-0.25, -0.2) is 0 Å². The Balaban J connectivity index is 1.68. The van der Waals surface area contributed by atoms with Crippen molar-refractivity contribution in [1.82, 2.24) is 5.32 Å². The first-order valence-electron chi connectivity index (χ1n) is 8.00. The Morgan fingerprint density at radius 1 is 1.15 bits per heavy atom. The van der Waals surface area contributed by atoms with Gasteiger partial charge in [-0.05, 0) is 68.8 Å². The van der Waals surface area contributed by atoms with Gasteiger partial charge in [-0.2, -0.15) is 0 Å². The SMILES string of the molecule is Cc1cc(Br)ccc1NC1CCCC1C1CCCCN1. The third-order valence-electron chi connectivity index (χ3n) is 4.96. The van der Waals surface area contributed by atoms with Crippen molar-refractivity contribution in [1.29, 1.82) is 0 Å². The van der Waals surface area contributed by atoms with E-state index in [1.54, 1.807) is 0 Å². The summed E-state index contributed by atoms with van der Waals surface area (Å²) in [5.74, 6) is 0.804. The maximum atomic E-state index is 3.82. The quantitative estimate of drug-likeness (QED) is 0.850. The molecular formula is C17H25BrN2. The van der Waals surface area contributed by atoms with Crippen LogP contribution in [0.4, 0.5) is 5.69 Å². The number of benzene rings is 1. The lowest BCUT2D eigenvalue weighted by Gasteiger charge is -2.33. The van der Waals surface area contributed by atoms with Gasteiger partial charge >= 0.3 is 0 Å². The molecule has 1 aromatic rings. The summed E-state index contributed by atoms with van der Waals surface area (Å²) in [5.41, 5.74) is 2.64. The molecule has 0 aromatic heterocycles. The number of piperidine rings is 1. The fraction of sp³-hybridized carbons (Fsp3) is 0.647. The Labute approximate surface area is 130 Å². The third-order valence-corrected chi connectivity index (χ3v) is 5.46. The van der Waals surface area contributed by atoms with Crippen LogP contribution in [0.2, 0.25) is 0 Å². The van der Waals surface area contributed by atoms with Crippen LogP contribution in [0.15, 0.2) is 22.7 Å². The second-order valence-electron chi connectivity index (χ2n) is 6.36. The molecule has 0 bridgehead atoms. The van der Waals surface area contributed by atoms with Gasteiger partial charge in [-0.1, -0.05) is 28.8 Å². The third kappa shape index (κ3) is 3.20. The Kier molecular flexibility index (Phi) is 4.67. The predicted octanol–water partition coefficient (Wildman–Crippen LogP) is 4.48. The van der Waals surface area contributed by atoms with Gasteiger partial charge in [0.2, 0.25) is 0 Å². The molecule has 1 heterocycles. The molecule has 0 radical (unpaired) electrons. The molecule has 1 aliphatic carbocycles. The molecule has 1 saturated heterocycles. The Morgan fingerprint density at radius 2 is 2.05 bits per heavy atom. The topological polar surface area (TPSA) is 24.1 Å². The van der Waals surface area contributed by atoms with Crippen LogP contribution in [-0.4, -0.2) is 18.6 Å². The molecule has 3 atom stereocenters. The van der Waals surface area contributed by atoms with Gasteiger partial charge < -0.3 is 10.6 Å². The van der Waals surface area contributed by atoms with E-state index in [-0.39, 0.29) is 0 Å². The summed E-state index contributed by atoms with van der Waals surface area (Å²) in [6.07, 6.45) is 8.19. The van der Waals surface area contributed by atoms with Gasteiger partial charge in [-0.3, -0.25) is 0 Å². The smallest absolute Gasteiger partial charge is 0.0372 e. The van der Waals surface area contributed by atoms with E-state index in [0.29, 0.717) is 6.04 Å². The molecular weight excluding hydrogens is 312 g/mol. The van der Waals surface area contributed by atoms with Crippen LogP contribution in [0.5, 0.6) is 0 Å². The van der Waals surface area contributed by atoms with E-state index in [0.717, 1.165) is 16.4 Å². The molecule has 20 heavy (non-hydrogen) atoms. The molecule has 0 spiro atoms. The Bertz CT molecular complexity index is 454. The van der Waals surface area contributed by atoms with E-state index in [1.807, 2.05) is 0 Å². The molecule has 2 fully saturated rings. The molecule has 1 aromatic carbocycles. The first-order chi connectivity index (χ1) is 9.74. The van der Waals surface area contributed by atoms with Crippen LogP contribution >= 0.6 is 15.9 Å². The van der Waals surface area contributed by atoms with Gasteiger partial charge in [-0.15, -0.1) is 0 Å². The molecule has 3 unspecified atom stereocenters. The van der Waals surface area contributed by atoms with Crippen molar-refractivity contribution >= 4 is 21.6 Å². The first kappa shape index (κ1) is 14.4. The number of anilines is 1. The molecule has 2 aliphatic rings. The first-order valence-corrected chi connectivity index (χ1v) is 8.79. The van der Waals surface area contributed by atoms with Crippen LogP contribution < -0.4 is 10.6 Å². The zero-order chi connectivity index (χ0) is 13.9. The average Bonchev–Trinajstić information content (AvgIpc) is 2.91. The zero-order valence-electron chi connectivity index (χ0n) is 12.3. The van der Waals surface area contributed by atoms with Gasteiger partial charge in [0.1, 0.15) is 0 Å². The lowest BCUT2D eigenvalue weighted by molar-refractivity contribution is 0.286. The summed E-state index contributed by atoms with van der Waals surface area (Å²) in [4.78, 5) is 0. The molecule has 1 aliphatic heterocycles. The lowest BCUT2D eigenvalue weighted by Crippen LogP contribution is -2.44. The normalized spacial score (nSPS) is 30.4. The highest BCUT2D eigenvalue weighted by Gasteiger charge is 2.34. The van der Waals surface area contributed by atoms with Crippen LogP contribution in [0, 0.1) is 12.8 Å². The fourth-order valence-electron chi connectivity index (χ4n) is 3.88. The largest absolute Gasteiger partial charge is 0.382 e. The molecule has 110 valence electrons. The summed E-state index contributed by atoms with van der Waals surface area (Å²) in [6.45, 7) is 3.40. The molecule has 0 amide bonds. The van der Waals surface area contributed by atoms with Crippen LogP contribution in [0.3, 0.4) is 0 Å². The summed E-state index contributed by atoms with van der Waals surface area (Å²) in [7, 11) is 0. The van der Waals surface area contributed by atoms with Crippen molar-refractivity contribution in [2.24, 2.45) is 5.92 Å². The Hall–Kier alpha value is -0.540. The highest BCUT2D eigenvalue weighted by molar-refractivity contribution is 9.10. The van der Waals surface area contributed by atoms with E-state index in [9.17, 15) is 0 Å². The summed E-state index contributed by atoms with van der Waals surface area (Å²) < 4.78 is 1.16. The van der Waals surface area contributed by atoms with Gasteiger partial charge in [0.15, 0.2) is 0 Å². The van der Waals surface area contributed by atoms with Crippen molar-refractivity contribution < 1.29 is 0 Å². The standard InChI is InChI=1S/C17H25BrN2/c1-12-11-13(18)8-9-15(12)20-17-7-4-5-14(17)16-6-2-3-10-19-16/h8-9,11,14,16-17,19-20H,2-7,10H2,1H3. The van der Waals surface area contributed by atoms with Crippen LogP contribution in [-0.2, 0) is 0 Å². The predicted molar refractivity (Wildman–Crippen MR) is 89.3 cm³/mol. The van der Waals surface area contributed by atoms with E-state index in [1.165, 1.54) is 56.3 Å². The van der Waals surface area contributed by atoms with E-state index in [4.69, 9.17) is 0 Å². The van der Waals surface area contributed by atoms with Gasteiger partial charge in [0.25, 0.3) is 0 Å². The molecule has 2 nitrogen and oxygen atoms in total. The van der Waals surface area contributed by atoms with Crippen molar-refractivity contribution in [3.63, 3.8) is 0 Å². The monoisotopic (exact) mass is 336 g/mol. The van der Waals surface area contributed by atoms with Gasteiger partial charge in [0, 0.05) is 22.2 Å². The minimum atomic E-state index is 0.644. The van der Waals surface area contributed by atoms with E-state index >= 15 is 0 Å². The van der Waals surface area contributed by atoms with E-state index in [2.05, 4.69) is 51.7 Å². The summed E-state index contributed by atoms with van der Waals surface area (Å²) >= 11 is 3.55. The molecule has 3 heteroatoms. The molecule has 3 rings (SSSR count).